The molecule has 2 amide bonds. The summed E-state index contributed by atoms with van der Waals surface area (Å²) in [5.41, 5.74) is 0.839. The Morgan fingerprint density at radius 3 is 2.84 bits per heavy atom. The first-order chi connectivity index (χ1) is 12.0. The Bertz CT molecular complexity index is 769. The van der Waals surface area contributed by atoms with Gasteiger partial charge in [-0.1, -0.05) is 6.07 Å². The van der Waals surface area contributed by atoms with E-state index in [1.807, 2.05) is 38.1 Å². The second kappa shape index (κ2) is 7.51. The molecule has 0 aliphatic carbocycles. The molecule has 1 aliphatic heterocycles. The Hall–Kier alpha value is -2.63. The average Bonchev–Trinajstić information content (AvgIpc) is 3.21. The lowest BCUT2D eigenvalue weighted by Gasteiger charge is -2.23. The molecular formula is C19H23N3O3. The van der Waals surface area contributed by atoms with E-state index in [1.54, 1.807) is 11.0 Å². The van der Waals surface area contributed by atoms with Crippen molar-refractivity contribution in [2.45, 2.75) is 45.6 Å². The van der Waals surface area contributed by atoms with Crippen LogP contribution in [0.1, 0.15) is 36.5 Å². The highest BCUT2D eigenvalue weighted by atomic mass is 16.3. The average molecular weight is 341 g/mol. The number of rotatable bonds is 5. The number of nitrogens with zero attached hydrogens (tertiary/aromatic N) is 2. The third kappa shape index (κ3) is 4.26. The second-order valence-corrected chi connectivity index (χ2v) is 6.41. The van der Waals surface area contributed by atoms with Crippen LogP contribution < -0.4 is 5.32 Å². The van der Waals surface area contributed by atoms with E-state index in [1.165, 1.54) is 0 Å². The molecule has 2 aromatic rings. The molecule has 1 saturated heterocycles. The number of carbonyl (C=O) groups is 2. The number of hydrogen-bond donors (Lipinski definition) is 1. The Labute approximate surface area is 147 Å². The molecular weight excluding hydrogens is 318 g/mol. The van der Waals surface area contributed by atoms with Crippen LogP contribution in [0.3, 0.4) is 0 Å². The van der Waals surface area contributed by atoms with E-state index in [0.29, 0.717) is 31.6 Å². The van der Waals surface area contributed by atoms with Crippen LogP contribution in [0.25, 0.3) is 0 Å². The smallest absolute Gasteiger partial charge is 0.248 e. The summed E-state index contributed by atoms with van der Waals surface area (Å²) in [5, 5.41) is 2.82. The van der Waals surface area contributed by atoms with Gasteiger partial charge in [0, 0.05) is 25.1 Å². The summed E-state index contributed by atoms with van der Waals surface area (Å²) < 4.78 is 5.50. The van der Waals surface area contributed by atoms with Crippen molar-refractivity contribution < 1.29 is 14.0 Å². The fraction of sp³-hybridized carbons (Fsp3) is 0.421. The van der Waals surface area contributed by atoms with Crippen LogP contribution in [-0.4, -0.2) is 34.3 Å². The monoisotopic (exact) mass is 341 g/mol. The normalized spacial score (nSPS) is 16.9. The fourth-order valence-electron chi connectivity index (χ4n) is 3.15. The number of amides is 2. The van der Waals surface area contributed by atoms with Crippen molar-refractivity contribution in [2.24, 2.45) is 0 Å². The minimum absolute atomic E-state index is 0.0103. The third-order valence-corrected chi connectivity index (χ3v) is 4.40. The first-order valence-corrected chi connectivity index (χ1v) is 8.62. The predicted octanol–water partition coefficient (Wildman–Crippen LogP) is 2.85. The molecule has 1 fully saturated rings. The van der Waals surface area contributed by atoms with Gasteiger partial charge in [0.1, 0.15) is 23.4 Å². The highest BCUT2D eigenvalue weighted by Crippen LogP contribution is 2.21. The number of furan rings is 1. The number of aromatic nitrogens is 1. The van der Waals surface area contributed by atoms with Crippen LogP contribution >= 0.6 is 0 Å². The Morgan fingerprint density at radius 2 is 2.12 bits per heavy atom. The highest BCUT2D eigenvalue weighted by Gasteiger charge is 2.33. The summed E-state index contributed by atoms with van der Waals surface area (Å²) in [6.07, 6.45) is 2.42. The number of anilines is 1. The van der Waals surface area contributed by atoms with Crippen LogP contribution in [0.4, 0.5) is 5.82 Å². The van der Waals surface area contributed by atoms with Gasteiger partial charge >= 0.3 is 0 Å². The summed E-state index contributed by atoms with van der Waals surface area (Å²) in [6.45, 7) is 4.37. The van der Waals surface area contributed by atoms with Crippen molar-refractivity contribution in [1.82, 2.24) is 9.88 Å². The molecule has 3 rings (SSSR count). The maximum absolute atomic E-state index is 12.6. The molecule has 0 spiro atoms. The second-order valence-electron chi connectivity index (χ2n) is 6.41. The topological polar surface area (TPSA) is 75.4 Å². The van der Waals surface area contributed by atoms with Crippen molar-refractivity contribution in [3.63, 3.8) is 0 Å². The Balaban J connectivity index is 1.59. The van der Waals surface area contributed by atoms with Crippen LogP contribution in [0.2, 0.25) is 0 Å². The van der Waals surface area contributed by atoms with Crippen LogP contribution in [0.15, 0.2) is 34.7 Å². The number of pyridine rings is 1. The highest BCUT2D eigenvalue weighted by molar-refractivity contribution is 5.96. The van der Waals surface area contributed by atoms with Gasteiger partial charge in [0.25, 0.3) is 0 Å². The van der Waals surface area contributed by atoms with Crippen molar-refractivity contribution >= 4 is 17.6 Å². The largest absolute Gasteiger partial charge is 0.466 e. The van der Waals surface area contributed by atoms with Gasteiger partial charge in [-0.15, -0.1) is 0 Å². The van der Waals surface area contributed by atoms with E-state index >= 15 is 0 Å². The molecule has 0 aromatic carbocycles. The third-order valence-electron chi connectivity index (χ3n) is 4.40. The van der Waals surface area contributed by atoms with Gasteiger partial charge in [-0.25, -0.2) is 4.98 Å². The Morgan fingerprint density at radius 1 is 1.28 bits per heavy atom. The molecule has 0 radical (unpaired) electrons. The van der Waals surface area contributed by atoms with E-state index in [0.717, 1.165) is 23.6 Å². The van der Waals surface area contributed by atoms with Crippen molar-refractivity contribution in [3.05, 3.63) is 47.5 Å². The predicted molar refractivity (Wildman–Crippen MR) is 94.1 cm³/mol. The van der Waals surface area contributed by atoms with Gasteiger partial charge in [-0.2, -0.15) is 0 Å². The lowest BCUT2D eigenvalue weighted by molar-refractivity contribution is -0.136. The quantitative estimate of drug-likeness (QED) is 0.907. The van der Waals surface area contributed by atoms with E-state index in [-0.39, 0.29) is 11.8 Å². The van der Waals surface area contributed by atoms with Gasteiger partial charge < -0.3 is 14.6 Å². The van der Waals surface area contributed by atoms with Crippen molar-refractivity contribution in [3.8, 4) is 0 Å². The minimum Gasteiger partial charge on any atom is -0.466 e. The first-order valence-electron chi connectivity index (χ1n) is 8.62. The van der Waals surface area contributed by atoms with Crippen LogP contribution in [0.5, 0.6) is 0 Å². The number of aryl methyl sites for hydroxylation is 3. The fourth-order valence-corrected chi connectivity index (χ4v) is 3.15. The number of hydrogen-bond acceptors (Lipinski definition) is 4. The molecule has 1 atom stereocenters. The van der Waals surface area contributed by atoms with E-state index in [9.17, 15) is 9.59 Å². The standard InChI is InChI=1S/C19H23N3O3/c1-13-5-3-7-17(20-13)21-19(24)16-6-4-12-22(16)18(23)11-10-15-9-8-14(2)25-15/h3,5,7-9,16H,4,6,10-12H2,1-2H3,(H,20,21,24)/t16-/m0/s1. The molecule has 132 valence electrons. The van der Waals surface area contributed by atoms with Crippen molar-refractivity contribution in [2.75, 3.05) is 11.9 Å². The summed E-state index contributed by atoms with van der Waals surface area (Å²) in [6, 6.07) is 8.83. The molecule has 6 heteroatoms. The minimum atomic E-state index is -0.423. The van der Waals surface area contributed by atoms with Gasteiger partial charge in [0.05, 0.1) is 0 Å². The molecule has 0 saturated carbocycles. The molecule has 1 aliphatic rings. The summed E-state index contributed by atoms with van der Waals surface area (Å²) in [7, 11) is 0. The maximum atomic E-state index is 12.6. The molecule has 3 heterocycles. The van der Waals surface area contributed by atoms with Gasteiger partial charge in [0.15, 0.2) is 0 Å². The summed E-state index contributed by atoms with van der Waals surface area (Å²) in [4.78, 5) is 31.1. The van der Waals surface area contributed by atoms with Crippen molar-refractivity contribution in [1.29, 1.82) is 0 Å². The van der Waals surface area contributed by atoms with E-state index < -0.39 is 6.04 Å². The zero-order valence-corrected chi connectivity index (χ0v) is 14.6. The number of likely N-dealkylation sites (tertiary alicyclic amines) is 1. The maximum Gasteiger partial charge on any atom is 0.248 e. The Kier molecular flexibility index (Phi) is 5.16. The van der Waals surface area contributed by atoms with Crippen LogP contribution in [-0.2, 0) is 16.0 Å². The van der Waals surface area contributed by atoms with E-state index in [2.05, 4.69) is 10.3 Å². The lowest BCUT2D eigenvalue weighted by Crippen LogP contribution is -2.43. The van der Waals surface area contributed by atoms with Gasteiger partial charge in [0.2, 0.25) is 11.8 Å². The zero-order valence-electron chi connectivity index (χ0n) is 14.6. The zero-order chi connectivity index (χ0) is 17.8. The summed E-state index contributed by atoms with van der Waals surface area (Å²) >= 11 is 0. The number of nitrogens with one attached hydrogen (secondary N) is 1. The first kappa shape index (κ1) is 17.2. The molecule has 25 heavy (non-hydrogen) atoms. The van der Waals surface area contributed by atoms with Gasteiger partial charge in [-0.3, -0.25) is 9.59 Å². The molecule has 6 nitrogen and oxygen atoms in total. The van der Waals surface area contributed by atoms with Gasteiger partial charge in [-0.05, 0) is 51.0 Å². The molecule has 1 N–H and O–H groups in total. The lowest BCUT2D eigenvalue weighted by atomic mass is 10.2. The summed E-state index contributed by atoms with van der Waals surface area (Å²) in [5.74, 6) is 1.98. The number of carbonyl (C=O) groups excluding carboxylic acids is 2. The molecule has 0 bridgehead atoms. The molecule has 2 aromatic heterocycles. The van der Waals surface area contributed by atoms with E-state index in [4.69, 9.17) is 4.42 Å². The molecule has 0 unspecified atom stereocenters. The SMILES string of the molecule is Cc1cccc(NC(=O)[C@@H]2CCCN2C(=O)CCc2ccc(C)o2)n1. The van der Waals surface area contributed by atoms with Crippen LogP contribution in [0, 0.1) is 13.8 Å².